The predicted octanol–water partition coefficient (Wildman–Crippen LogP) is 5.33. The number of carbonyl (C=O) groups excluding carboxylic acids is 2. The van der Waals surface area contributed by atoms with Gasteiger partial charge in [-0.1, -0.05) is 37.6 Å². The lowest BCUT2D eigenvalue weighted by atomic mass is 9.97. The normalized spacial score (nSPS) is 13.3. The number of amides is 2. The highest BCUT2D eigenvalue weighted by Crippen LogP contribution is 2.34. The summed E-state index contributed by atoms with van der Waals surface area (Å²) in [5.41, 5.74) is 5.81. The summed E-state index contributed by atoms with van der Waals surface area (Å²) in [5.74, 6) is 0.0726. The van der Waals surface area contributed by atoms with E-state index in [9.17, 15) is 9.59 Å². The molecule has 4 rings (SSSR count). The second kappa shape index (κ2) is 8.63. The van der Waals surface area contributed by atoms with Crippen molar-refractivity contribution in [3.8, 4) is 11.3 Å². The van der Waals surface area contributed by atoms with Crippen LogP contribution in [0.3, 0.4) is 0 Å². The zero-order valence-corrected chi connectivity index (χ0v) is 19.2. The molecule has 0 atom stereocenters. The van der Waals surface area contributed by atoms with Crippen molar-refractivity contribution in [2.24, 2.45) is 5.92 Å². The maximum absolute atomic E-state index is 12.8. The molecule has 2 aromatic carbocycles. The molecular weight excluding hydrogens is 406 g/mol. The van der Waals surface area contributed by atoms with E-state index in [1.807, 2.05) is 67.4 Å². The standard InChI is InChI=1S/C25H27N3O2S/c1-16(2)23(29)28-13-5-6-20-14-19(11-12-22(20)28)21-15-31-25(26-21)27(4)24(30)18-9-7-17(3)8-10-18/h7-12,14-16H,5-6,13H2,1-4H3. The molecule has 3 aromatic rings. The Labute approximate surface area is 187 Å². The van der Waals surface area contributed by atoms with Gasteiger partial charge < -0.3 is 4.90 Å². The van der Waals surface area contributed by atoms with Crippen LogP contribution in [-0.2, 0) is 11.2 Å². The SMILES string of the molecule is Cc1ccc(C(=O)N(C)c2nc(-c3ccc4c(c3)CCCN4C(=O)C(C)C)cs2)cc1. The van der Waals surface area contributed by atoms with Gasteiger partial charge in [-0.05, 0) is 49.6 Å². The van der Waals surface area contributed by atoms with Gasteiger partial charge in [-0.15, -0.1) is 11.3 Å². The number of thiazole rings is 1. The van der Waals surface area contributed by atoms with Crippen molar-refractivity contribution in [2.75, 3.05) is 23.4 Å². The molecule has 0 saturated carbocycles. The number of benzene rings is 2. The van der Waals surface area contributed by atoms with Crippen LogP contribution in [0.5, 0.6) is 0 Å². The van der Waals surface area contributed by atoms with Gasteiger partial charge in [0.2, 0.25) is 5.91 Å². The van der Waals surface area contributed by atoms with Gasteiger partial charge in [0.05, 0.1) is 5.69 Å². The first-order chi connectivity index (χ1) is 14.8. The maximum Gasteiger partial charge on any atom is 0.259 e. The van der Waals surface area contributed by atoms with Gasteiger partial charge in [0, 0.05) is 41.7 Å². The molecule has 2 heterocycles. The van der Waals surface area contributed by atoms with Crippen LogP contribution in [0.2, 0.25) is 0 Å². The average molecular weight is 434 g/mol. The molecule has 160 valence electrons. The number of nitrogens with zero attached hydrogens (tertiary/aromatic N) is 3. The highest BCUT2D eigenvalue weighted by Gasteiger charge is 2.25. The minimum Gasteiger partial charge on any atom is -0.312 e. The molecule has 2 amide bonds. The van der Waals surface area contributed by atoms with Gasteiger partial charge in [0.15, 0.2) is 5.13 Å². The van der Waals surface area contributed by atoms with Crippen LogP contribution in [0.4, 0.5) is 10.8 Å². The predicted molar refractivity (Wildman–Crippen MR) is 127 cm³/mol. The van der Waals surface area contributed by atoms with Crippen LogP contribution in [0.15, 0.2) is 47.8 Å². The van der Waals surface area contributed by atoms with Crippen LogP contribution >= 0.6 is 11.3 Å². The lowest BCUT2D eigenvalue weighted by Crippen LogP contribution is -2.38. The van der Waals surface area contributed by atoms with Gasteiger partial charge in [0.25, 0.3) is 5.91 Å². The summed E-state index contributed by atoms with van der Waals surface area (Å²) in [5, 5.41) is 2.64. The Morgan fingerprint density at radius 3 is 2.58 bits per heavy atom. The number of aryl methyl sites for hydroxylation is 2. The van der Waals surface area contributed by atoms with Crippen molar-refractivity contribution in [1.29, 1.82) is 0 Å². The molecule has 0 saturated heterocycles. The largest absolute Gasteiger partial charge is 0.312 e. The Hall–Kier alpha value is -2.99. The van der Waals surface area contributed by atoms with E-state index in [1.165, 1.54) is 16.9 Å². The van der Waals surface area contributed by atoms with E-state index in [2.05, 4.69) is 6.07 Å². The van der Waals surface area contributed by atoms with Crippen molar-refractivity contribution in [3.05, 3.63) is 64.5 Å². The van der Waals surface area contributed by atoms with E-state index < -0.39 is 0 Å². The zero-order valence-electron chi connectivity index (χ0n) is 18.4. The van der Waals surface area contributed by atoms with E-state index in [4.69, 9.17) is 4.98 Å². The molecule has 0 N–H and O–H groups in total. The number of aromatic nitrogens is 1. The van der Waals surface area contributed by atoms with Crippen LogP contribution in [0.1, 0.15) is 41.8 Å². The van der Waals surface area contributed by atoms with Crippen molar-refractivity contribution >= 4 is 34.0 Å². The highest BCUT2D eigenvalue weighted by atomic mass is 32.1. The van der Waals surface area contributed by atoms with Crippen LogP contribution in [0, 0.1) is 12.8 Å². The van der Waals surface area contributed by atoms with Crippen molar-refractivity contribution in [2.45, 2.75) is 33.6 Å². The van der Waals surface area contributed by atoms with Gasteiger partial charge >= 0.3 is 0 Å². The second-order valence-corrected chi connectivity index (χ2v) is 9.17. The Kier molecular flexibility index (Phi) is 5.92. The van der Waals surface area contributed by atoms with Crippen LogP contribution < -0.4 is 9.80 Å². The average Bonchev–Trinajstić information content (AvgIpc) is 3.27. The van der Waals surface area contributed by atoms with Gasteiger partial charge in [-0.3, -0.25) is 14.5 Å². The van der Waals surface area contributed by atoms with Crippen LogP contribution in [0.25, 0.3) is 11.3 Å². The lowest BCUT2D eigenvalue weighted by Gasteiger charge is -2.31. The fourth-order valence-electron chi connectivity index (χ4n) is 3.82. The summed E-state index contributed by atoms with van der Waals surface area (Å²) >= 11 is 1.45. The summed E-state index contributed by atoms with van der Waals surface area (Å²) in [6.07, 6.45) is 1.92. The fourth-order valence-corrected chi connectivity index (χ4v) is 4.62. The molecule has 0 bridgehead atoms. The summed E-state index contributed by atoms with van der Waals surface area (Å²) in [7, 11) is 1.76. The third-order valence-corrected chi connectivity index (χ3v) is 6.55. The highest BCUT2D eigenvalue weighted by molar-refractivity contribution is 7.14. The number of rotatable bonds is 4. The van der Waals surface area contributed by atoms with E-state index in [0.29, 0.717) is 10.7 Å². The minimum absolute atomic E-state index is 0.0201. The number of carbonyl (C=O) groups is 2. The molecule has 5 nitrogen and oxygen atoms in total. The second-order valence-electron chi connectivity index (χ2n) is 8.34. The number of fused-ring (bicyclic) bond motifs is 1. The summed E-state index contributed by atoms with van der Waals surface area (Å²) in [4.78, 5) is 33.6. The molecule has 0 fully saturated rings. The van der Waals surface area contributed by atoms with E-state index in [0.717, 1.165) is 41.9 Å². The molecule has 1 aromatic heterocycles. The number of anilines is 2. The molecule has 0 radical (unpaired) electrons. The van der Waals surface area contributed by atoms with E-state index in [-0.39, 0.29) is 17.7 Å². The van der Waals surface area contributed by atoms with Gasteiger partial charge in [-0.25, -0.2) is 4.98 Å². The summed E-state index contributed by atoms with van der Waals surface area (Å²) in [6, 6.07) is 13.8. The molecule has 0 spiro atoms. The first kappa shape index (κ1) is 21.2. The fraction of sp³-hybridized carbons (Fsp3) is 0.320. The maximum atomic E-state index is 12.8. The third kappa shape index (κ3) is 4.26. The monoisotopic (exact) mass is 433 g/mol. The number of hydrogen-bond acceptors (Lipinski definition) is 4. The Morgan fingerprint density at radius 1 is 1.13 bits per heavy atom. The Balaban J connectivity index is 1.57. The van der Waals surface area contributed by atoms with Crippen LogP contribution in [-0.4, -0.2) is 30.4 Å². The summed E-state index contributed by atoms with van der Waals surface area (Å²) < 4.78 is 0. The topological polar surface area (TPSA) is 53.5 Å². The molecule has 6 heteroatoms. The Bertz CT molecular complexity index is 1120. The molecule has 1 aliphatic rings. The number of hydrogen-bond donors (Lipinski definition) is 0. The quantitative estimate of drug-likeness (QED) is 0.559. The van der Waals surface area contributed by atoms with Gasteiger partial charge in [0.1, 0.15) is 0 Å². The molecular formula is C25H27N3O2S. The first-order valence-corrected chi connectivity index (χ1v) is 11.5. The van der Waals surface area contributed by atoms with Crippen molar-refractivity contribution < 1.29 is 9.59 Å². The van der Waals surface area contributed by atoms with Crippen molar-refractivity contribution in [1.82, 2.24) is 4.98 Å². The molecule has 1 aliphatic heterocycles. The minimum atomic E-state index is -0.0748. The summed E-state index contributed by atoms with van der Waals surface area (Å²) in [6.45, 7) is 6.66. The molecule has 31 heavy (non-hydrogen) atoms. The lowest BCUT2D eigenvalue weighted by molar-refractivity contribution is -0.121. The zero-order chi connectivity index (χ0) is 22.1. The van der Waals surface area contributed by atoms with E-state index in [1.54, 1.807) is 11.9 Å². The third-order valence-electron chi connectivity index (χ3n) is 5.64. The smallest absolute Gasteiger partial charge is 0.259 e. The Morgan fingerprint density at radius 2 is 1.87 bits per heavy atom. The van der Waals surface area contributed by atoms with Gasteiger partial charge in [-0.2, -0.15) is 0 Å². The van der Waals surface area contributed by atoms with E-state index >= 15 is 0 Å². The first-order valence-electron chi connectivity index (χ1n) is 10.6. The van der Waals surface area contributed by atoms with Crippen molar-refractivity contribution in [3.63, 3.8) is 0 Å². The molecule has 0 aliphatic carbocycles. The molecule has 0 unspecified atom stereocenters.